The lowest BCUT2D eigenvalue weighted by molar-refractivity contribution is -0.128. The maximum absolute atomic E-state index is 12.6. The van der Waals surface area contributed by atoms with Gasteiger partial charge in [-0.1, -0.05) is 26.0 Å². The maximum Gasteiger partial charge on any atom is 0.226 e. The Balaban J connectivity index is 1.79. The van der Waals surface area contributed by atoms with E-state index >= 15 is 0 Å². The van der Waals surface area contributed by atoms with Gasteiger partial charge in [0.1, 0.15) is 5.82 Å². The first kappa shape index (κ1) is 16.5. The quantitative estimate of drug-likeness (QED) is 0.883. The molecule has 1 aromatic heterocycles. The van der Waals surface area contributed by atoms with Crippen molar-refractivity contribution < 1.29 is 9.59 Å². The molecule has 0 aliphatic carbocycles. The smallest absolute Gasteiger partial charge is 0.226 e. The number of carbonyl (C=O) groups excluding carboxylic acids is 2. The zero-order valence-corrected chi connectivity index (χ0v) is 14.4. The highest BCUT2D eigenvalue weighted by molar-refractivity contribution is 5.89. The monoisotopic (exact) mass is 328 g/mol. The number of aromatic amines is 1. The highest BCUT2D eigenvalue weighted by Gasteiger charge is 2.33. The number of para-hydroxylation sites is 2. The number of amides is 2. The van der Waals surface area contributed by atoms with Crippen LogP contribution in [0, 0.1) is 11.8 Å². The minimum Gasteiger partial charge on any atom is -0.346 e. The molecule has 24 heavy (non-hydrogen) atoms. The largest absolute Gasteiger partial charge is 0.346 e. The van der Waals surface area contributed by atoms with Gasteiger partial charge in [-0.3, -0.25) is 9.59 Å². The lowest BCUT2D eigenvalue weighted by Crippen LogP contribution is -2.36. The number of benzene rings is 1. The van der Waals surface area contributed by atoms with Crippen LogP contribution >= 0.6 is 0 Å². The number of fused-ring (bicyclic) bond motifs is 1. The summed E-state index contributed by atoms with van der Waals surface area (Å²) in [4.78, 5) is 33.8. The molecule has 128 valence electrons. The standard InChI is InChI=1S/C18H24N4O2/c1-11(2)8-15(17-19-13-6-4-5-7-14(13)20-17)21-18(24)12-9-16(23)22(3)10-12/h4-7,11-12,15H,8-10H2,1-3H3,(H,19,20)(H,21,24)/t12?,15-/m0/s1. The summed E-state index contributed by atoms with van der Waals surface area (Å²) in [7, 11) is 1.74. The van der Waals surface area contributed by atoms with Crippen LogP contribution in [0.5, 0.6) is 0 Å². The first-order chi connectivity index (χ1) is 11.4. The second-order valence-corrected chi connectivity index (χ2v) is 7.01. The zero-order chi connectivity index (χ0) is 17.3. The van der Waals surface area contributed by atoms with E-state index in [4.69, 9.17) is 0 Å². The SMILES string of the molecule is CC(C)C[C@H](NC(=O)C1CC(=O)N(C)C1)c1nc2ccccc2[nH]1. The van der Waals surface area contributed by atoms with Crippen molar-refractivity contribution in [2.24, 2.45) is 11.8 Å². The summed E-state index contributed by atoms with van der Waals surface area (Å²) < 4.78 is 0. The van der Waals surface area contributed by atoms with Gasteiger partial charge in [0.25, 0.3) is 0 Å². The Bertz CT molecular complexity index is 719. The summed E-state index contributed by atoms with van der Waals surface area (Å²) in [6.07, 6.45) is 1.08. The summed E-state index contributed by atoms with van der Waals surface area (Å²) in [5.41, 5.74) is 1.86. The van der Waals surface area contributed by atoms with Gasteiger partial charge in [-0.2, -0.15) is 0 Å². The van der Waals surface area contributed by atoms with Gasteiger partial charge in [0.05, 0.1) is 23.0 Å². The number of nitrogens with one attached hydrogen (secondary N) is 2. The molecule has 1 unspecified atom stereocenters. The summed E-state index contributed by atoms with van der Waals surface area (Å²) >= 11 is 0. The van der Waals surface area contributed by atoms with Crippen molar-refractivity contribution in [2.45, 2.75) is 32.7 Å². The number of hydrogen-bond donors (Lipinski definition) is 2. The summed E-state index contributed by atoms with van der Waals surface area (Å²) in [6.45, 7) is 4.72. The third kappa shape index (κ3) is 3.42. The molecule has 2 aromatic rings. The van der Waals surface area contributed by atoms with Gasteiger partial charge >= 0.3 is 0 Å². The van der Waals surface area contributed by atoms with E-state index < -0.39 is 0 Å². The van der Waals surface area contributed by atoms with Gasteiger partial charge in [-0.05, 0) is 24.5 Å². The van der Waals surface area contributed by atoms with Crippen LogP contribution in [0.4, 0.5) is 0 Å². The van der Waals surface area contributed by atoms with E-state index in [0.29, 0.717) is 12.5 Å². The molecule has 6 heteroatoms. The fourth-order valence-corrected chi connectivity index (χ4v) is 3.18. The Morgan fingerprint density at radius 1 is 1.42 bits per heavy atom. The Hall–Kier alpha value is -2.37. The molecule has 0 radical (unpaired) electrons. The van der Waals surface area contributed by atoms with Crippen molar-refractivity contribution in [3.63, 3.8) is 0 Å². The van der Waals surface area contributed by atoms with Crippen LogP contribution in [0.1, 0.15) is 38.6 Å². The van der Waals surface area contributed by atoms with Crippen LogP contribution < -0.4 is 5.32 Å². The van der Waals surface area contributed by atoms with Crippen molar-refractivity contribution in [1.82, 2.24) is 20.2 Å². The second-order valence-electron chi connectivity index (χ2n) is 7.01. The molecule has 1 aliphatic rings. The van der Waals surface area contributed by atoms with Crippen molar-refractivity contribution in [1.29, 1.82) is 0 Å². The van der Waals surface area contributed by atoms with E-state index in [9.17, 15) is 9.59 Å². The minimum atomic E-state index is -0.276. The summed E-state index contributed by atoms with van der Waals surface area (Å²) in [5.74, 6) is 0.868. The molecule has 2 N–H and O–H groups in total. The molecule has 1 fully saturated rings. The Morgan fingerprint density at radius 2 is 2.17 bits per heavy atom. The molecule has 1 saturated heterocycles. The molecule has 2 amide bonds. The molecule has 2 atom stereocenters. The van der Waals surface area contributed by atoms with E-state index in [1.54, 1.807) is 11.9 Å². The average Bonchev–Trinajstić information content (AvgIpc) is 3.10. The predicted octanol–water partition coefficient (Wildman–Crippen LogP) is 2.24. The molecule has 6 nitrogen and oxygen atoms in total. The van der Waals surface area contributed by atoms with E-state index in [-0.39, 0.29) is 30.2 Å². The van der Waals surface area contributed by atoms with Crippen LogP contribution in [0.15, 0.2) is 24.3 Å². The highest BCUT2D eigenvalue weighted by atomic mass is 16.2. The third-order valence-electron chi connectivity index (χ3n) is 4.47. The van der Waals surface area contributed by atoms with E-state index in [1.165, 1.54) is 0 Å². The van der Waals surface area contributed by atoms with Crippen molar-refractivity contribution >= 4 is 22.8 Å². The molecule has 1 aliphatic heterocycles. The number of aromatic nitrogens is 2. The number of hydrogen-bond acceptors (Lipinski definition) is 3. The van der Waals surface area contributed by atoms with Gasteiger partial charge in [0.15, 0.2) is 0 Å². The Morgan fingerprint density at radius 3 is 2.79 bits per heavy atom. The fourth-order valence-electron chi connectivity index (χ4n) is 3.18. The number of carbonyl (C=O) groups is 2. The summed E-state index contributed by atoms with van der Waals surface area (Å²) in [6, 6.07) is 7.66. The van der Waals surface area contributed by atoms with Gasteiger partial charge in [0.2, 0.25) is 11.8 Å². The first-order valence-corrected chi connectivity index (χ1v) is 8.43. The van der Waals surface area contributed by atoms with Crippen LogP contribution in [-0.4, -0.2) is 40.3 Å². The lowest BCUT2D eigenvalue weighted by atomic mass is 10.0. The zero-order valence-electron chi connectivity index (χ0n) is 14.4. The molecule has 0 spiro atoms. The number of rotatable bonds is 5. The third-order valence-corrected chi connectivity index (χ3v) is 4.47. The molecule has 0 bridgehead atoms. The van der Waals surface area contributed by atoms with Gasteiger partial charge < -0.3 is 15.2 Å². The van der Waals surface area contributed by atoms with Gasteiger partial charge in [-0.15, -0.1) is 0 Å². The van der Waals surface area contributed by atoms with Crippen molar-refractivity contribution in [2.75, 3.05) is 13.6 Å². The van der Waals surface area contributed by atoms with Crippen LogP contribution in [0.2, 0.25) is 0 Å². The number of imidazole rings is 1. The van der Waals surface area contributed by atoms with Crippen molar-refractivity contribution in [3.05, 3.63) is 30.1 Å². The highest BCUT2D eigenvalue weighted by Crippen LogP contribution is 2.24. The molecule has 3 rings (SSSR count). The van der Waals surface area contributed by atoms with Crippen molar-refractivity contribution in [3.8, 4) is 0 Å². The van der Waals surface area contributed by atoms with E-state index in [2.05, 4.69) is 29.1 Å². The lowest BCUT2D eigenvalue weighted by Gasteiger charge is -2.20. The van der Waals surface area contributed by atoms with E-state index in [1.807, 2.05) is 24.3 Å². The number of H-pyrrole nitrogens is 1. The molecular formula is C18H24N4O2. The normalized spacial score (nSPS) is 19.2. The average molecular weight is 328 g/mol. The van der Waals surface area contributed by atoms with E-state index in [0.717, 1.165) is 23.3 Å². The van der Waals surface area contributed by atoms with Crippen LogP contribution in [-0.2, 0) is 9.59 Å². The minimum absolute atomic E-state index is 0.0271. The summed E-state index contributed by atoms with van der Waals surface area (Å²) in [5, 5.41) is 3.10. The molecule has 2 heterocycles. The number of nitrogens with zero attached hydrogens (tertiary/aromatic N) is 2. The second kappa shape index (κ2) is 6.63. The van der Waals surface area contributed by atoms with Gasteiger partial charge in [-0.25, -0.2) is 4.98 Å². The first-order valence-electron chi connectivity index (χ1n) is 8.43. The predicted molar refractivity (Wildman–Crippen MR) is 92.2 cm³/mol. The molecule has 0 saturated carbocycles. The van der Waals surface area contributed by atoms with Gasteiger partial charge in [0, 0.05) is 20.0 Å². The topological polar surface area (TPSA) is 78.1 Å². The van der Waals surface area contributed by atoms with Crippen LogP contribution in [0.3, 0.4) is 0 Å². The maximum atomic E-state index is 12.6. The van der Waals surface area contributed by atoms with Crippen LogP contribution in [0.25, 0.3) is 11.0 Å². The number of likely N-dealkylation sites (tertiary alicyclic amines) is 1. The Kier molecular flexibility index (Phi) is 4.55. The molecular weight excluding hydrogens is 304 g/mol. The fraction of sp³-hybridized carbons (Fsp3) is 0.500. The Labute approximate surface area is 141 Å². The molecule has 1 aromatic carbocycles.